The minimum absolute atomic E-state index is 0.864. The van der Waals surface area contributed by atoms with E-state index in [1.807, 2.05) is 0 Å². The smallest absolute Gasteiger partial charge is 0.181 e. The zero-order valence-corrected chi connectivity index (χ0v) is 8.57. The van der Waals surface area contributed by atoms with E-state index >= 15 is 0 Å². The molecule has 0 amide bonds. The number of hydrogen-bond acceptors (Lipinski definition) is 2. The highest BCUT2D eigenvalue weighted by Gasteiger charge is 2.10. The molecule has 0 atom stereocenters. The van der Waals surface area contributed by atoms with Crippen molar-refractivity contribution in [1.82, 2.24) is 4.98 Å². The first-order valence-corrected chi connectivity index (χ1v) is 5.44. The van der Waals surface area contributed by atoms with Crippen molar-refractivity contribution in [3.8, 4) is 11.3 Å². The van der Waals surface area contributed by atoms with Gasteiger partial charge in [-0.3, -0.25) is 0 Å². The molecule has 3 rings (SSSR count). The molecule has 0 N–H and O–H groups in total. The third-order valence-corrected chi connectivity index (χ3v) is 3.07. The standard InChI is InChI=1S/C13H13NO/c1-2-4-11-7-12(6-5-10(11)3-1)13-8-14-9-15-13/h5-9H,1-4H2. The summed E-state index contributed by atoms with van der Waals surface area (Å²) in [4.78, 5) is 3.94. The van der Waals surface area contributed by atoms with Crippen LogP contribution >= 0.6 is 0 Å². The third-order valence-electron chi connectivity index (χ3n) is 3.07. The number of rotatable bonds is 1. The topological polar surface area (TPSA) is 26.0 Å². The van der Waals surface area contributed by atoms with Crippen molar-refractivity contribution >= 4 is 0 Å². The molecule has 0 spiro atoms. The van der Waals surface area contributed by atoms with E-state index < -0.39 is 0 Å². The summed E-state index contributed by atoms with van der Waals surface area (Å²) in [6, 6.07) is 6.60. The van der Waals surface area contributed by atoms with Crippen LogP contribution in [0.3, 0.4) is 0 Å². The number of aryl methyl sites for hydroxylation is 2. The van der Waals surface area contributed by atoms with Gasteiger partial charge < -0.3 is 4.42 Å². The van der Waals surface area contributed by atoms with Crippen molar-refractivity contribution in [2.75, 3.05) is 0 Å². The van der Waals surface area contributed by atoms with E-state index in [2.05, 4.69) is 23.2 Å². The largest absolute Gasteiger partial charge is 0.444 e. The van der Waals surface area contributed by atoms with E-state index in [0.29, 0.717) is 0 Å². The monoisotopic (exact) mass is 199 g/mol. The fourth-order valence-electron chi connectivity index (χ4n) is 2.25. The van der Waals surface area contributed by atoms with Crippen LogP contribution in [0.1, 0.15) is 24.0 Å². The highest BCUT2D eigenvalue weighted by atomic mass is 16.3. The van der Waals surface area contributed by atoms with Gasteiger partial charge in [-0.1, -0.05) is 12.1 Å². The number of hydrogen-bond donors (Lipinski definition) is 0. The quantitative estimate of drug-likeness (QED) is 0.704. The predicted octanol–water partition coefficient (Wildman–Crippen LogP) is 3.22. The SMILES string of the molecule is c1ncc(-c2ccc3c(c2)CCCC3)o1. The van der Waals surface area contributed by atoms with Gasteiger partial charge in [0.05, 0.1) is 6.20 Å². The van der Waals surface area contributed by atoms with Crippen LogP contribution in [0, 0.1) is 0 Å². The van der Waals surface area contributed by atoms with Crippen molar-refractivity contribution in [3.05, 3.63) is 41.9 Å². The lowest BCUT2D eigenvalue weighted by atomic mass is 9.90. The molecule has 0 unspecified atom stereocenters. The van der Waals surface area contributed by atoms with Crippen LogP contribution in [0.4, 0.5) is 0 Å². The number of nitrogens with zero attached hydrogens (tertiary/aromatic N) is 1. The van der Waals surface area contributed by atoms with Gasteiger partial charge in [-0.15, -0.1) is 0 Å². The lowest BCUT2D eigenvalue weighted by Gasteiger charge is -2.15. The number of benzene rings is 1. The molecule has 15 heavy (non-hydrogen) atoms. The lowest BCUT2D eigenvalue weighted by Crippen LogP contribution is -2.02. The Morgan fingerprint density at radius 2 is 1.93 bits per heavy atom. The molecule has 0 saturated heterocycles. The van der Waals surface area contributed by atoms with Crippen LogP contribution in [0.5, 0.6) is 0 Å². The Morgan fingerprint density at radius 1 is 1.07 bits per heavy atom. The predicted molar refractivity (Wildman–Crippen MR) is 58.6 cm³/mol. The molecular weight excluding hydrogens is 186 g/mol. The second-order valence-corrected chi connectivity index (χ2v) is 4.06. The Bertz CT molecular complexity index is 459. The summed E-state index contributed by atoms with van der Waals surface area (Å²) in [5.74, 6) is 0.864. The first-order chi connectivity index (χ1) is 7.43. The van der Waals surface area contributed by atoms with Crippen LogP contribution in [0.2, 0.25) is 0 Å². The van der Waals surface area contributed by atoms with Gasteiger partial charge in [-0.05, 0) is 42.9 Å². The molecule has 0 bridgehead atoms. The summed E-state index contributed by atoms with van der Waals surface area (Å²) < 4.78 is 5.30. The van der Waals surface area contributed by atoms with E-state index in [0.717, 1.165) is 11.3 Å². The average Bonchev–Trinajstić information content (AvgIpc) is 2.82. The first-order valence-electron chi connectivity index (χ1n) is 5.44. The first kappa shape index (κ1) is 8.72. The van der Waals surface area contributed by atoms with Gasteiger partial charge in [0, 0.05) is 5.56 Å². The Balaban J connectivity index is 2.04. The zero-order chi connectivity index (χ0) is 10.1. The van der Waals surface area contributed by atoms with E-state index in [1.165, 1.54) is 43.2 Å². The molecule has 2 heteroatoms. The fraction of sp³-hybridized carbons (Fsp3) is 0.308. The maximum atomic E-state index is 5.30. The summed E-state index contributed by atoms with van der Waals surface area (Å²) in [6.45, 7) is 0. The summed E-state index contributed by atoms with van der Waals surface area (Å²) in [6.07, 6.45) is 8.32. The minimum atomic E-state index is 0.864. The second kappa shape index (κ2) is 3.54. The normalized spacial score (nSPS) is 14.9. The molecule has 1 aliphatic rings. The lowest BCUT2D eigenvalue weighted by molar-refractivity contribution is 0.571. The number of aromatic nitrogens is 1. The van der Waals surface area contributed by atoms with Crippen molar-refractivity contribution in [2.45, 2.75) is 25.7 Å². The highest BCUT2D eigenvalue weighted by molar-refractivity contribution is 5.58. The van der Waals surface area contributed by atoms with E-state index in [1.54, 1.807) is 6.20 Å². The van der Waals surface area contributed by atoms with Crippen LogP contribution in [0.25, 0.3) is 11.3 Å². The fourth-order valence-corrected chi connectivity index (χ4v) is 2.25. The molecule has 2 aromatic rings. The van der Waals surface area contributed by atoms with E-state index in [9.17, 15) is 0 Å². The van der Waals surface area contributed by atoms with Gasteiger partial charge >= 0.3 is 0 Å². The van der Waals surface area contributed by atoms with Crippen LogP contribution < -0.4 is 0 Å². The number of oxazole rings is 1. The third kappa shape index (κ3) is 1.56. The van der Waals surface area contributed by atoms with Crippen LogP contribution in [-0.2, 0) is 12.8 Å². The Hall–Kier alpha value is -1.57. The Morgan fingerprint density at radius 3 is 2.73 bits per heavy atom. The molecule has 1 aromatic carbocycles. The van der Waals surface area contributed by atoms with Gasteiger partial charge in [0.15, 0.2) is 12.2 Å². The summed E-state index contributed by atoms with van der Waals surface area (Å²) in [5, 5.41) is 0. The van der Waals surface area contributed by atoms with Crippen molar-refractivity contribution in [1.29, 1.82) is 0 Å². The van der Waals surface area contributed by atoms with Gasteiger partial charge in [0.1, 0.15) is 0 Å². The Labute approximate surface area is 89.0 Å². The van der Waals surface area contributed by atoms with Gasteiger partial charge in [0.25, 0.3) is 0 Å². The maximum absolute atomic E-state index is 5.30. The second-order valence-electron chi connectivity index (χ2n) is 4.06. The van der Waals surface area contributed by atoms with Crippen molar-refractivity contribution in [2.24, 2.45) is 0 Å². The molecule has 1 heterocycles. The minimum Gasteiger partial charge on any atom is -0.444 e. The molecule has 0 fully saturated rings. The van der Waals surface area contributed by atoms with E-state index in [4.69, 9.17) is 4.42 Å². The zero-order valence-electron chi connectivity index (χ0n) is 8.57. The van der Waals surface area contributed by atoms with Gasteiger partial charge in [-0.25, -0.2) is 4.98 Å². The number of fused-ring (bicyclic) bond motifs is 1. The summed E-state index contributed by atoms with van der Waals surface area (Å²) in [7, 11) is 0. The van der Waals surface area contributed by atoms with Gasteiger partial charge in [0.2, 0.25) is 0 Å². The molecule has 1 aliphatic carbocycles. The van der Waals surface area contributed by atoms with Crippen molar-refractivity contribution in [3.63, 3.8) is 0 Å². The maximum Gasteiger partial charge on any atom is 0.181 e. The highest BCUT2D eigenvalue weighted by Crippen LogP contribution is 2.26. The van der Waals surface area contributed by atoms with Crippen molar-refractivity contribution < 1.29 is 4.42 Å². The molecular formula is C13H13NO. The summed E-state index contributed by atoms with van der Waals surface area (Å²) >= 11 is 0. The molecule has 0 aliphatic heterocycles. The average molecular weight is 199 g/mol. The van der Waals surface area contributed by atoms with Crippen LogP contribution in [0.15, 0.2) is 35.2 Å². The van der Waals surface area contributed by atoms with E-state index in [-0.39, 0.29) is 0 Å². The molecule has 2 nitrogen and oxygen atoms in total. The molecule has 76 valence electrons. The molecule has 0 saturated carbocycles. The van der Waals surface area contributed by atoms with Crippen LogP contribution in [-0.4, -0.2) is 4.98 Å². The Kier molecular flexibility index (Phi) is 2.05. The molecule has 1 aromatic heterocycles. The van der Waals surface area contributed by atoms with Gasteiger partial charge in [-0.2, -0.15) is 0 Å². The summed E-state index contributed by atoms with van der Waals surface area (Å²) in [5.41, 5.74) is 4.13. The molecule has 0 radical (unpaired) electrons.